The van der Waals surface area contributed by atoms with Crippen molar-refractivity contribution in [2.75, 3.05) is 48.8 Å². The van der Waals surface area contributed by atoms with E-state index < -0.39 is 0 Å². The van der Waals surface area contributed by atoms with Gasteiger partial charge in [-0.15, -0.1) is 10.2 Å². The van der Waals surface area contributed by atoms with Crippen molar-refractivity contribution >= 4 is 29.0 Å². The minimum atomic E-state index is -0.230. The lowest BCUT2D eigenvalue weighted by Gasteiger charge is -2.34. The van der Waals surface area contributed by atoms with E-state index in [2.05, 4.69) is 55.1 Å². The molecule has 2 aromatic rings. The first-order valence-electron chi connectivity index (χ1n) is 9.37. The minimum Gasteiger partial charge on any atom is -0.369 e. The normalized spacial score (nSPS) is 17.4. The Morgan fingerprint density at radius 2 is 1.63 bits per heavy atom. The number of nitrogens with zero attached hydrogens (tertiary/aromatic N) is 4. The van der Waals surface area contributed by atoms with Crippen LogP contribution in [0, 0.1) is 0 Å². The Bertz CT molecular complexity index is 766. The first-order chi connectivity index (χ1) is 13.2. The third kappa shape index (κ3) is 4.85. The molecule has 2 heterocycles. The molecule has 1 aliphatic carbocycles. The molecule has 1 aliphatic heterocycles. The van der Waals surface area contributed by atoms with Crippen LogP contribution in [-0.4, -0.2) is 60.4 Å². The molecule has 2 aliphatic rings. The van der Waals surface area contributed by atoms with Crippen LogP contribution in [0.3, 0.4) is 0 Å². The predicted molar refractivity (Wildman–Crippen MR) is 107 cm³/mol. The average molecular weight is 367 g/mol. The standard InChI is InChI=1S/C19H25N7O/c1-25-10-12-26(13-11-25)16-6-4-14(5-7-16)20-17-8-9-18(24-23-17)22-19(27)21-15-2-3-15/h4-9,15H,2-3,10-13H2,1H3,(H,20,23)(H2,21,22,24,27). The second-order valence-corrected chi connectivity index (χ2v) is 7.14. The summed E-state index contributed by atoms with van der Waals surface area (Å²) in [4.78, 5) is 16.5. The third-order valence-corrected chi connectivity index (χ3v) is 4.83. The summed E-state index contributed by atoms with van der Waals surface area (Å²) in [7, 11) is 2.16. The highest BCUT2D eigenvalue weighted by atomic mass is 16.2. The van der Waals surface area contributed by atoms with Gasteiger partial charge in [0.2, 0.25) is 0 Å². The topological polar surface area (TPSA) is 85.4 Å². The van der Waals surface area contributed by atoms with Gasteiger partial charge < -0.3 is 20.4 Å². The summed E-state index contributed by atoms with van der Waals surface area (Å²) < 4.78 is 0. The first-order valence-corrected chi connectivity index (χ1v) is 9.37. The van der Waals surface area contributed by atoms with Gasteiger partial charge in [0.25, 0.3) is 0 Å². The Balaban J connectivity index is 1.31. The number of carbonyl (C=O) groups excluding carboxylic acids is 1. The van der Waals surface area contributed by atoms with Crippen LogP contribution in [0.15, 0.2) is 36.4 Å². The van der Waals surface area contributed by atoms with Crippen LogP contribution in [0.2, 0.25) is 0 Å². The molecule has 0 atom stereocenters. The second-order valence-electron chi connectivity index (χ2n) is 7.14. The van der Waals surface area contributed by atoms with E-state index in [0.29, 0.717) is 17.7 Å². The van der Waals surface area contributed by atoms with Crippen LogP contribution in [0.1, 0.15) is 12.8 Å². The number of likely N-dealkylation sites (N-methyl/N-ethyl adjacent to an activating group) is 1. The number of amides is 2. The minimum absolute atomic E-state index is 0.230. The lowest BCUT2D eigenvalue weighted by Crippen LogP contribution is -2.44. The van der Waals surface area contributed by atoms with Crippen LogP contribution in [0.5, 0.6) is 0 Å². The van der Waals surface area contributed by atoms with Gasteiger partial charge in [-0.2, -0.15) is 0 Å². The summed E-state index contributed by atoms with van der Waals surface area (Å²) >= 11 is 0. The van der Waals surface area contributed by atoms with E-state index in [9.17, 15) is 4.79 Å². The van der Waals surface area contributed by atoms with Crippen molar-refractivity contribution in [1.29, 1.82) is 0 Å². The maximum atomic E-state index is 11.7. The Morgan fingerprint density at radius 3 is 2.26 bits per heavy atom. The number of carbonyl (C=O) groups is 1. The van der Waals surface area contributed by atoms with Gasteiger partial charge in [0.05, 0.1) is 0 Å². The zero-order chi connectivity index (χ0) is 18.6. The van der Waals surface area contributed by atoms with E-state index in [1.807, 2.05) is 12.1 Å². The van der Waals surface area contributed by atoms with Gasteiger partial charge in [-0.05, 0) is 56.3 Å². The maximum absolute atomic E-state index is 11.7. The fraction of sp³-hybridized carbons (Fsp3) is 0.421. The third-order valence-electron chi connectivity index (χ3n) is 4.83. The van der Waals surface area contributed by atoms with Gasteiger partial charge in [0, 0.05) is 43.6 Å². The molecule has 2 amide bonds. The van der Waals surface area contributed by atoms with Gasteiger partial charge in [-0.1, -0.05) is 0 Å². The number of hydrogen-bond donors (Lipinski definition) is 3. The molecule has 3 N–H and O–H groups in total. The molecule has 0 bridgehead atoms. The summed E-state index contributed by atoms with van der Waals surface area (Å²) in [5.74, 6) is 1.07. The van der Waals surface area contributed by atoms with Crippen molar-refractivity contribution in [3.63, 3.8) is 0 Å². The largest absolute Gasteiger partial charge is 0.369 e. The van der Waals surface area contributed by atoms with Gasteiger partial charge >= 0.3 is 6.03 Å². The summed E-state index contributed by atoms with van der Waals surface area (Å²) in [6.45, 7) is 4.29. The van der Waals surface area contributed by atoms with E-state index >= 15 is 0 Å². The van der Waals surface area contributed by atoms with Crippen molar-refractivity contribution in [2.24, 2.45) is 0 Å². The van der Waals surface area contributed by atoms with Crippen molar-refractivity contribution in [1.82, 2.24) is 20.4 Å². The summed E-state index contributed by atoms with van der Waals surface area (Å²) in [6.07, 6.45) is 2.10. The number of benzene rings is 1. The first kappa shape index (κ1) is 17.5. The van der Waals surface area contributed by atoms with E-state index in [0.717, 1.165) is 44.7 Å². The lowest BCUT2D eigenvalue weighted by atomic mass is 10.2. The zero-order valence-electron chi connectivity index (χ0n) is 15.5. The van der Waals surface area contributed by atoms with E-state index in [1.165, 1.54) is 5.69 Å². The molecule has 1 saturated carbocycles. The van der Waals surface area contributed by atoms with E-state index in [1.54, 1.807) is 12.1 Å². The molecular weight excluding hydrogens is 342 g/mol. The second kappa shape index (κ2) is 7.79. The number of hydrogen-bond acceptors (Lipinski definition) is 6. The number of rotatable bonds is 5. The van der Waals surface area contributed by atoms with E-state index in [-0.39, 0.29) is 6.03 Å². The monoisotopic (exact) mass is 367 g/mol. The number of aromatic nitrogens is 2. The number of nitrogens with one attached hydrogen (secondary N) is 3. The van der Waals surface area contributed by atoms with Crippen LogP contribution in [0.25, 0.3) is 0 Å². The molecular formula is C19H25N7O. The highest BCUT2D eigenvalue weighted by molar-refractivity contribution is 5.88. The Hall–Kier alpha value is -2.87. The van der Waals surface area contributed by atoms with Gasteiger partial charge in [0.15, 0.2) is 11.6 Å². The molecule has 1 aromatic heterocycles. The molecule has 1 saturated heterocycles. The zero-order valence-corrected chi connectivity index (χ0v) is 15.5. The SMILES string of the molecule is CN1CCN(c2ccc(Nc3ccc(NC(=O)NC4CC4)nn3)cc2)CC1. The number of urea groups is 1. The Labute approximate surface area is 158 Å². The van der Waals surface area contributed by atoms with Crippen molar-refractivity contribution in [3.05, 3.63) is 36.4 Å². The van der Waals surface area contributed by atoms with Gasteiger partial charge in [-0.25, -0.2) is 4.79 Å². The maximum Gasteiger partial charge on any atom is 0.320 e. The molecule has 0 spiro atoms. The highest BCUT2D eigenvalue weighted by Gasteiger charge is 2.23. The molecule has 142 valence electrons. The van der Waals surface area contributed by atoms with Crippen LogP contribution >= 0.6 is 0 Å². The molecule has 27 heavy (non-hydrogen) atoms. The van der Waals surface area contributed by atoms with Crippen LogP contribution in [0.4, 0.5) is 27.8 Å². The molecule has 8 heteroatoms. The number of piperazine rings is 1. The number of anilines is 4. The molecule has 2 fully saturated rings. The van der Waals surface area contributed by atoms with Crippen molar-refractivity contribution in [2.45, 2.75) is 18.9 Å². The fourth-order valence-electron chi connectivity index (χ4n) is 3.00. The lowest BCUT2D eigenvalue weighted by molar-refractivity contribution is 0.251. The van der Waals surface area contributed by atoms with Gasteiger partial charge in [0.1, 0.15) is 0 Å². The molecule has 8 nitrogen and oxygen atoms in total. The van der Waals surface area contributed by atoms with Gasteiger partial charge in [-0.3, -0.25) is 5.32 Å². The van der Waals surface area contributed by atoms with Crippen LogP contribution in [-0.2, 0) is 0 Å². The molecule has 0 radical (unpaired) electrons. The van der Waals surface area contributed by atoms with E-state index in [4.69, 9.17) is 0 Å². The van der Waals surface area contributed by atoms with Crippen molar-refractivity contribution < 1.29 is 4.79 Å². The van der Waals surface area contributed by atoms with Crippen LogP contribution < -0.4 is 20.9 Å². The summed E-state index contributed by atoms with van der Waals surface area (Å²) in [5, 5.41) is 16.9. The molecule has 4 rings (SSSR count). The highest BCUT2D eigenvalue weighted by Crippen LogP contribution is 2.22. The smallest absolute Gasteiger partial charge is 0.320 e. The predicted octanol–water partition coefficient (Wildman–Crippen LogP) is 2.26. The molecule has 1 aromatic carbocycles. The Kier molecular flexibility index (Phi) is 5.06. The van der Waals surface area contributed by atoms with Crippen molar-refractivity contribution in [3.8, 4) is 0 Å². The molecule has 0 unspecified atom stereocenters. The quantitative estimate of drug-likeness (QED) is 0.752. The Morgan fingerprint density at radius 1 is 0.963 bits per heavy atom. The summed E-state index contributed by atoms with van der Waals surface area (Å²) in [5.41, 5.74) is 2.19. The average Bonchev–Trinajstić information content (AvgIpc) is 3.49. The summed E-state index contributed by atoms with van der Waals surface area (Å²) in [6, 6.07) is 12.0. The fourth-order valence-corrected chi connectivity index (χ4v) is 3.00.